The van der Waals surface area contributed by atoms with Crippen LogP contribution in [-0.4, -0.2) is 15.7 Å². The predicted molar refractivity (Wildman–Crippen MR) is 89.9 cm³/mol. The second-order valence-electron chi connectivity index (χ2n) is 6.60. The molecule has 0 aliphatic carbocycles. The van der Waals surface area contributed by atoms with Crippen molar-refractivity contribution in [3.63, 3.8) is 0 Å². The van der Waals surface area contributed by atoms with E-state index in [4.69, 9.17) is 10.3 Å². The summed E-state index contributed by atoms with van der Waals surface area (Å²) in [4.78, 5) is 3.55. The van der Waals surface area contributed by atoms with Crippen molar-refractivity contribution in [2.75, 3.05) is 0 Å². The van der Waals surface area contributed by atoms with Crippen LogP contribution in [0.1, 0.15) is 37.8 Å². The minimum absolute atomic E-state index is 0.281. The van der Waals surface area contributed by atoms with Gasteiger partial charge in [0.15, 0.2) is 0 Å². The summed E-state index contributed by atoms with van der Waals surface area (Å²) in [5.41, 5.74) is 11.5. The molecule has 0 aliphatic heterocycles. The first kappa shape index (κ1) is 14.9. The highest BCUT2D eigenvalue weighted by atomic mass is 16.5. The molecule has 3 aromatic rings. The van der Waals surface area contributed by atoms with Crippen molar-refractivity contribution in [1.29, 1.82) is 0 Å². The Balaban J connectivity index is 2.28. The lowest BCUT2D eigenvalue weighted by Gasteiger charge is -2.19. The van der Waals surface area contributed by atoms with Gasteiger partial charge in [0.1, 0.15) is 5.76 Å². The molecular formula is C18H23N3O. The molecule has 0 amide bonds. The van der Waals surface area contributed by atoms with Gasteiger partial charge in [-0.1, -0.05) is 30.3 Å². The van der Waals surface area contributed by atoms with Crippen molar-refractivity contribution in [3.05, 3.63) is 41.3 Å². The Labute approximate surface area is 130 Å². The molecule has 3 rings (SSSR count). The molecule has 0 saturated carbocycles. The summed E-state index contributed by atoms with van der Waals surface area (Å²) in [7, 11) is 0. The molecule has 22 heavy (non-hydrogen) atoms. The van der Waals surface area contributed by atoms with Crippen LogP contribution in [0, 0.1) is 6.92 Å². The van der Waals surface area contributed by atoms with Crippen molar-refractivity contribution < 1.29 is 4.52 Å². The standard InChI is InChI=1S/C18H23N3O/c1-5-14-16(11(2)22-21-14)17-13(10-18(3,4)19)12-8-6-7-9-15(12)20-17/h6-9,20H,5,10,19H2,1-4H3. The molecule has 3 N–H and O–H groups in total. The lowest BCUT2D eigenvalue weighted by atomic mass is 9.91. The topological polar surface area (TPSA) is 67.8 Å². The number of hydrogen-bond donors (Lipinski definition) is 2. The number of para-hydroxylation sites is 1. The number of aromatic amines is 1. The summed E-state index contributed by atoms with van der Waals surface area (Å²) in [6.07, 6.45) is 1.63. The molecule has 2 heterocycles. The van der Waals surface area contributed by atoms with Gasteiger partial charge in [0.2, 0.25) is 0 Å². The Bertz CT molecular complexity index is 805. The van der Waals surface area contributed by atoms with Crippen LogP contribution in [0.5, 0.6) is 0 Å². The lowest BCUT2D eigenvalue weighted by Crippen LogP contribution is -2.34. The predicted octanol–water partition coefficient (Wildman–Crippen LogP) is 3.97. The number of nitrogens with one attached hydrogen (secondary N) is 1. The molecule has 0 aliphatic rings. The van der Waals surface area contributed by atoms with E-state index >= 15 is 0 Å². The molecule has 0 saturated heterocycles. The van der Waals surface area contributed by atoms with Gasteiger partial charge in [0.25, 0.3) is 0 Å². The summed E-state index contributed by atoms with van der Waals surface area (Å²) in [5, 5.41) is 5.41. The first-order valence-electron chi connectivity index (χ1n) is 7.74. The Kier molecular flexibility index (Phi) is 3.57. The highest BCUT2D eigenvalue weighted by Gasteiger charge is 2.24. The maximum absolute atomic E-state index is 6.30. The van der Waals surface area contributed by atoms with Gasteiger partial charge < -0.3 is 15.2 Å². The molecule has 0 unspecified atom stereocenters. The van der Waals surface area contributed by atoms with Crippen molar-refractivity contribution >= 4 is 10.9 Å². The smallest absolute Gasteiger partial charge is 0.143 e. The largest absolute Gasteiger partial charge is 0.361 e. The van der Waals surface area contributed by atoms with Gasteiger partial charge in [-0.2, -0.15) is 0 Å². The first-order valence-corrected chi connectivity index (χ1v) is 7.74. The van der Waals surface area contributed by atoms with Crippen LogP contribution in [0.15, 0.2) is 28.8 Å². The zero-order valence-electron chi connectivity index (χ0n) is 13.7. The minimum atomic E-state index is -0.281. The van der Waals surface area contributed by atoms with E-state index in [1.165, 1.54) is 10.9 Å². The molecule has 1 aromatic carbocycles. The molecule has 0 fully saturated rings. The summed E-state index contributed by atoms with van der Waals surface area (Å²) in [5.74, 6) is 0.847. The SMILES string of the molecule is CCc1noc(C)c1-c1[nH]c2ccccc2c1CC(C)(C)N. The third-order valence-corrected chi connectivity index (χ3v) is 3.96. The van der Waals surface area contributed by atoms with E-state index in [2.05, 4.69) is 49.1 Å². The van der Waals surface area contributed by atoms with E-state index in [0.29, 0.717) is 0 Å². The van der Waals surface area contributed by atoms with Gasteiger partial charge in [-0.25, -0.2) is 0 Å². The zero-order valence-corrected chi connectivity index (χ0v) is 13.7. The second kappa shape index (κ2) is 5.29. The van der Waals surface area contributed by atoms with Gasteiger partial charge in [-0.15, -0.1) is 0 Å². The quantitative estimate of drug-likeness (QED) is 0.765. The number of hydrogen-bond acceptors (Lipinski definition) is 3. The van der Waals surface area contributed by atoms with Crippen molar-refractivity contribution in [3.8, 4) is 11.3 Å². The van der Waals surface area contributed by atoms with Crippen LogP contribution in [0.2, 0.25) is 0 Å². The molecular weight excluding hydrogens is 274 g/mol. The number of aromatic nitrogens is 2. The molecule has 2 aromatic heterocycles. The number of aryl methyl sites for hydroxylation is 2. The average molecular weight is 297 g/mol. The van der Waals surface area contributed by atoms with E-state index in [1.54, 1.807) is 0 Å². The molecule has 0 atom stereocenters. The van der Waals surface area contributed by atoms with Crippen molar-refractivity contribution in [2.45, 2.75) is 46.1 Å². The monoisotopic (exact) mass is 297 g/mol. The van der Waals surface area contributed by atoms with Crippen molar-refractivity contribution in [1.82, 2.24) is 10.1 Å². The van der Waals surface area contributed by atoms with E-state index < -0.39 is 0 Å². The van der Waals surface area contributed by atoms with Gasteiger partial charge in [-0.05, 0) is 45.2 Å². The molecule has 0 spiro atoms. The summed E-state index contributed by atoms with van der Waals surface area (Å²) in [6.45, 7) is 8.17. The fourth-order valence-electron chi connectivity index (χ4n) is 3.03. The molecule has 0 radical (unpaired) electrons. The maximum atomic E-state index is 6.30. The van der Waals surface area contributed by atoms with Gasteiger partial charge >= 0.3 is 0 Å². The number of nitrogens with zero attached hydrogens (tertiary/aromatic N) is 1. The van der Waals surface area contributed by atoms with E-state index in [9.17, 15) is 0 Å². The Hall–Kier alpha value is -2.07. The third-order valence-electron chi connectivity index (χ3n) is 3.96. The summed E-state index contributed by atoms with van der Waals surface area (Å²) in [6, 6.07) is 8.35. The number of H-pyrrole nitrogens is 1. The van der Waals surface area contributed by atoms with Gasteiger partial charge in [-0.3, -0.25) is 0 Å². The second-order valence-corrected chi connectivity index (χ2v) is 6.60. The van der Waals surface area contributed by atoms with Crippen LogP contribution < -0.4 is 5.73 Å². The average Bonchev–Trinajstić information content (AvgIpc) is 2.98. The Morgan fingerprint density at radius 1 is 1.27 bits per heavy atom. The Morgan fingerprint density at radius 3 is 2.68 bits per heavy atom. The third kappa shape index (κ3) is 2.55. The highest BCUT2D eigenvalue weighted by Crippen LogP contribution is 2.36. The number of rotatable bonds is 4. The van der Waals surface area contributed by atoms with Crippen molar-refractivity contribution in [2.24, 2.45) is 5.73 Å². The summed E-state index contributed by atoms with van der Waals surface area (Å²) < 4.78 is 5.42. The summed E-state index contributed by atoms with van der Waals surface area (Å²) >= 11 is 0. The van der Waals surface area contributed by atoms with E-state index in [1.807, 2.05) is 13.0 Å². The number of nitrogens with two attached hydrogens (primary N) is 1. The van der Waals surface area contributed by atoms with Gasteiger partial charge in [0.05, 0.1) is 17.0 Å². The number of fused-ring (bicyclic) bond motifs is 1. The first-order chi connectivity index (χ1) is 10.4. The molecule has 4 heteroatoms. The molecule has 4 nitrogen and oxygen atoms in total. The van der Waals surface area contributed by atoms with E-state index in [-0.39, 0.29) is 5.54 Å². The van der Waals surface area contributed by atoms with Crippen LogP contribution in [-0.2, 0) is 12.8 Å². The fraction of sp³-hybridized carbons (Fsp3) is 0.389. The Morgan fingerprint density at radius 2 is 2.00 bits per heavy atom. The van der Waals surface area contributed by atoms with Crippen LogP contribution >= 0.6 is 0 Å². The lowest BCUT2D eigenvalue weighted by molar-refractivity contribution is 0.391. The van der Waals surface area contributed by atoms with E-state index in [0.717, 1.165) is 41.1 Å². The zero-order chi connectivity index (χ0) is 15.9. The fourth-order valence-corrected chi connectivity index (χ4v) is 3.03. The normalized spacial score (nSPS) is 12.2. The molecule has 116 valence electrons. The van der Waals surface area contributed by atoms with Crippen LogP contribution in [0.25, 0.3) is 22.2 Å². The number of benzene rings is 1. The van der Waals surface area contributed by atoms with Crippen LogP contribution in [0.4, 0.5) is 0 Å². The minimum Gasteiger partial charge on any atom is -0.361 e. The maximum Gasteiger partial charge on any atom is 0.143 e. The van der Waals surface area contributed by atoms with Gasteiger partial charge in [0, 0.05) is 16.4 Å². The molecule has 0 bridgehead atoms. The van der Waals surface area contributed by atoms with Crippen LogP contribution in [0.3, 0.4) is 0 Å². The highest BCUT2D eigenvalue weighted by molar-refractivity contribution is 5.91.